The molecule has 0 spiro atoms. The molecule has 1 N–H and O–H groups in total. The van der Waals surface area contributed by atoms with E-state index in [0.29, 0.717) is 6.54 Å². The van der Waals surface area contributed by atoms with E-state index in [1.165, 1.54) is 0 Å². The smallest absolute Gasteiger partial charge is 0.235 e. The summed E-state index contributed by atoms with van der Waals surface area (Å²) in [6.45, 7) is 3.63. The van der Waals surface area contributed by atoms with Gasteiger partial charge in [-0.2, -0.15) is 5.26 Å². The van der Waals surface area contributed by atoms with Crippen molar-refractivity contribution in [3.05, 3.63) is 18.6 Å². The van der Waals surface area contributed by atoms with Crippen LogP contribution in [0, 0.1) is 11.3 Å². The summed E-state index contributed by atoms with van der Waals surface area (Å²) in [6.07, 6.45) is 9.87. The molecule has 1 saturated carbocycles. The first-order chi connectivity index (χ1) is 11.7. The molecule has 2 aliphatic rings. The number of rotatable bonds is 4. The van der Waals surface area contributed by atoms with E-state index in [2.05, 4.69) is 31.2 Å². The van der Waals surface area contributed by atoms with Crippen LogP contribution in [0.15, 0.2) is 18.6 Å². The van der Waals surface area contributed by atoms with Crippen molar-refractivity contribution in [2.75, 3.05) is 37.6 Å². The summed E-state index contributed by atoms with van der Waals surface area (Å²) in [4.78, 5) is 25.1. The topological polar surface area (TPSA) is 85.2 Å². The number of carbonyl (C=O) groups is 1. The maximum absolute atomic E-state index is 12.4. The number of aromatic nitrogens is 2. The van der Waals surface area contributed by atoms with Crippen LogP contribution in [0.4, 0.5) is 5.82 Å². The zero-order valence-electron chi connectivity index (χ0n) is 13.9. The van der Waals surface area contributed by atoms with Crippen LogP contribution in [0.3, 0.4) is 0 Å². The second kappa shape index (κ2) is 7.58. The summed E-state index contributed by atoms with van der Waals surface area (Å²) >= 11 is 0. The van der Waals surface area contributed by atoms with Crippen LogP contribution in [0.2, 0.25) is 0 Å². The van der Waals surface area contributed by atoms with E-state index in [-0.39, 0.29) is 5.91 Å². The van der Waals surface area contributed by atoms with Gasteiger partial charge < -0.3 is 10.2 Å². The third-order valence-electron chi connectivity index (χ3n) is 4.91. The molecule has 7 nitrogen and oxygen atoms in total. The van der Waals surface area contributed by atoms with Gasteiger partial charge in [0.05, 0.1) is 18.8 Å². The molecule has 1 aliphatic carbocycles. The molecule has 0 aromatic carbocycles. The minimum Gasteiger partial charge on any atom is -0.353 e. The molecule has 3 rings (SSSR count). The largest absolute Gasteiger partial charge is 0.353 e. The lowest BCUT2D eigenvalue weighted by Gasteiger charge is -2.36. The first-order valence-corrected chi connectivity index (χ1v) is 8.66. The van der Waals surface area contributed by atoms with Crippen molar-refractivity contribution < 1.29 is 4.79 Å². The molecule has 7 heteroatoms. The molecule has 1 aromatic rings. The van der Waals surface area contributed by atoms with E-state index >= 15 is 0 Å². The Morgan fingerprint density at radius 3 is 2.58 bits per heavy atom. The van der Waals surface area contributed by atoms with Crippen LogP contribution in [0.5, 0.6) is 0 Å². The molecule has 128 valence electrons. The average molecular weight is 328 g/mol. The first kappa shape index (κ1) is 16.7. The number of amides is 1. The van der Waals surface area contributed by atoms with Crippen molar-refractivity contribution in [3.63, 3.8) is 0 Å². The highest BCUT2D eigenvalue weighted by atomic mass is 16.2. The molecule has 24 heavy (non-hydrogen) atoms. The summed E-state index contributed by atoms with van der Waals surface area (Å²) in [6, 6.07) is 2.34. The zero-order valence-corrected chi connectivity index (χ0v) is 13.9. The molecule has 1 aliphatic heterocycles. The molecular weight excluding hydrogens is 304 g/mol. The molecule has 1 saturated heterocycles. The molecular formula is C17H24N6O. The lowest BCUT2D eigenvalue weighted by atomic mass is 9.83. The quantitative estimate of drug-likeness (QED) is 0.885. The molecule has 1 aromatic heterocycles. The Bertz CT molecular complexity index is 585. The van der Waals surface area contributed by atoms with Crippen LogP contribution in [0.25, 0.3) is 0 Å². The Balaban J connectivity index is 1.47. The van der Waals surface area contributed by atoms with Crippen LogP contribution >= 0.6 is 0 Å². The standard InChI is InChI=1S/C17H24N6O/c18-14-17(4-2-1-3-5-17)21-16(24)13-22-8-10-23(11-9-22)15-12-19-6-7-20-15/h6-7,12H,1-5,8-11,13H2,(H,21,24). The molecule has 0 unspecified atom stereocenters. The van der Waals surface area contributed by atoms with Gasteiger partial charge in [0.15, 0.2) is 0 Å². The van der Waals surface area contributed by atoms with Gasteiger partial charge in [-0.3, -0.25) is 14.7 Å². The molecule has 0 radical (unpaired) electrons. The van der Waals surface area contributed by atoms with E-state index in [1.807, 2.05) is 0 Å². The van der Waals surface area contributed by atoms with Crippen molar-refractivity contribution >= 4 is 11.7 Å². The highest BCUT2D eigenvalue weighted by Gasteiger charge is 2.34. The monoisotopic (exact) mass is 328 g/mol. The van der Waals surface area contributed by atoms with E-state index in [1.54, 1.807) is 18.6 Å². The van der Waals surface area contributed by atoms with Crippen molar-refractivity contribution in [3.8, 4) is 6.07 Å². The molecule has 2 heterocycles. The third kappa shape index (κ3) is 4.01. The summed E-state index contributed by atoms with van der Waals surface area (Å²) in [5.41, 5.74) is -0.642. The number of piperazine rings is 1. The maximum atomic E-state index is 12.4. The van der Waals surface area contributed by atoms with E-state index in [0.717, 1.165) is 64.1 Å². The Hall–Kier alpha value is -2.20. The maximum Gasteiger partial charge on any atom is 0.235 e. The zero-order chi connectivity index (χ0) is 16.8. The van der Waals surface area contributed by atoms with Crippen LogP contribution in [0.1, 0.15) is 32.1 Å². The molecule has 0 atom stereocenters. The Morgan fingerprint density at radius 2 is 1.96 bits per heavy atom. The predicted molar refractivity (Wildman–Crippen MR) is 90.3 cm³/mol. The van der Waals surface area contributed by atoms with E-state index in [4.69, 9.17) is 0 Å². The lowest BCUT2D eigenvalue weighted by molar-refractivity contribution is -0.124. The van der Waals surface area contributed by atoms with Gasteiger partial charge in [-0.25, -0.2) is 4.98 Å². The van der Waals surface area contributed by atoms with E-state index in [9.17, 15) is 10.1 Å². The summed E-state index contributed by atoms with van der Waals surface area (Å²) in [5.74, 6) is 0.846. The minimum absolute atomic E-state index is 0.0357. The normalized spacial score (nSPS) is 21.0. The fraction of sp³-hybridized carbons (Fsp3) is 0.647. The van der Waals surface area contributed by atoms with Gasteiger partial charge in [0.2, 0.25) is 5.91 Å². The van der Waals surface area contributed by atoms with Gasteiger partial charge >= 0.3 is 0 Å². The van der Waals surface area contributed by atoms with E-state index < -0.39 is 5.54 Å². The summed E-state index contributed by atoms with van der Waals surface area (Å²) < 4.78 is 0. The number of hydrogen-bond acceptors (Lipinski definition) is 6. The third-order valence-corrected chi connectivity index (χ3v) is 4.91. The first-order valence-electron chi connectivity index (χ1n) is 8.66. The SMILES string of the molecule is N#CC1(NC(=O)CN2CCN(c3cnccn3)CC2)CCCCC1. The van der Waals surface area contributed by atoms with Gasteiger partial charge in [-0.05, 0) is 12.8 Å². The Morgan fingerprint density at radius 1 is 1.21 bits per heavy atom. The fourth-order valence-corrected chi connectivity index (χ4v) is 3.52. The fourth-order valence-electron chi connectivity index (χ4n) is 3.52. The van der Waals surface area contributed by atoms with Gasteiger partial charge in [-0.1, -0.05) is 19.3 Å². The number of nitriles is 1. The minimum atomic E-state index is -0.642. The number of anilines is 1. The van der Waals surface area contributed by atoms with Gasteiger partial charge in [0.25, 0.3) is 0 Å². The average Bonchev–Trinajstić information content (AvgIpc) is 2.64. The van der Waals surface area contributed by atoms with Crippen LogP contribution in [-0.2, 0) is 4.79 Å². The van der Waals surface area contributed by atoms with Crippen molar-refractivity contribution in [2.45, 2.75) is 37.6 Å². The molecule has 2 fully saturated rings. The molecule has 1 amide bonds. The highest BCUT2D eigenvalue weighted by molar-refractivity contribution is 5.79. The van der Waals surface area contributed by atoms with Gasteiger partial charge in [-0.15, -0.1) is 0 Å². The van der Waals surface area contributed by atoms with Gasteiger partial charge in [0, 0.05) is 38.6 Å². The van der Waals surface area contributed by atoms with Gasteiger partial charge in [0.1, 0.15) is 11.4 Å². The number of carbonyl (C=O) groups excluding carboxylic acids is 1. The number of nitrogens with one attached hydrogen (secondary N) is 1. The van der Waals surface area contributed by atoms with Crippen molar-refractivity contribution in [1.82, 2.24) is 20.2 Å². The second-order valence-electron chi connectivity index (χ2n) is 6.63. The predicted octanol–water partition coefficient (Wildman–Crippen LogP) is 0.941. The Kier molecular flexibility index (Phi) is 5.26. The highest BCUT2D eigenvalue weighted by Crippen LogP contribution is 2.27. The second-order valence-corrected chi connectivity index (χ2v) is 6.63. The summed E-state index contributed by atoms with van der Waals surface area (Å²) in [5, 5.41) is 12.5. The van der Waals surface area contributed by atoms with Crippen molar-refractivity contribution in [2.24, 2.45) is 0 Å². The number of nitrogens with zero attached hydrogens (tertiary/aromatic N) is 5. The van der Waals surface area contributed by atoms with Crippen molar-refractivity contribution in [1.29, 1.82) is 5.26 Å². The molecule has 0 bridgehead atoms. The lowest BCUT2D eigenvalue weighted by Crippen LogP contribution is -2.54. The Labute approximate surface area is 142 Å². The van der Waals surface area contributed by atoms with Crippen LogP contribution in [-0.4, -0.2) is 59.0 Å². The van der Waals surface area contributed by atoms with Crippen LogP contribution < -0.4 is 10.2 Å². The number of hydrogen-bond donors (Lipinski definition) is 1. The summed E-state index contributed by atoms with van der Waals surface area (Å²) in [7, 11) is 0.